The fourth-order valence-electron chi connectivity index (χ4n) is 1.22. The van der Waals surface area contributed by atoms with Gasteiger partial charge in [-0.2, -0.15) is 8.78 Å². The number of hydrogen-bond acceptors (Lipinski definition) is 2. The van der Waals surface area contributed by atoms with Crippen LogP contribution in [0.25, 0.3) is 0 Å². The molecule has 5 heteroatoms. The fraction of sp³-hybridized carbons (Fsp3) is 0.300. The summed E-state index contributed by atoms with van der Waals surface area (Å²) in [5.41, 5.74) is 1.17. The summed E-state index contributed by atoms with van der Waals surface area (Å²) in [4.78, 5) is 11.2. The lowest BCUT2D eigenvalue weighted by atomic mass is 10.1. The van der Waals surface area contributed by atoms with Gasteiger partial charge in [0.15, 0.2) is 5.78 Å². The first-order valence-corrected chi connectivity index (χ1v) is 5.25. The van der Waals surface area contributed by atoms with Crippen LogP contribution in [0.3, 0.4) is 0 Å². The molecular formula is C10H9F2IO2. The van der Waals surface area contributed by atoms with Crippen molar-refractivity contribution >= 4 is 28.4 Å². The molecule has 82 valence electrons. The van der Waals surface area contributed by atoms with E-state index in [1.165, 1.54) is 13.0 Å². The zero-order valence-electron chi connectivity index (χ0n) is 8.18. The molecule has 0 unspecified atom stereocenters. The summed E-state index contributed by atoms with van der Waals surface area (Å²) in [7, 11) is 0. The Morgan fingerprint density at radius 3 is 2.53 bits per heavy atom. The molecule has 0 aliphatic carbocycles. The zero-order valence-corrected chi connectivity index (χ0v) is 10.3. The molecule has 0 saturated heterocycles. The molecule has 0 radical (unpaired) electrons. The van der Waals surface area contributed by atoms with Gasteiger partial charge in [0.05, 0.1) is 3.57 Å². The van der Waals surface area contributed by atoms with Crippen molar-refractivity contribution in [2.24, 2.45) is 0 Å². The number of benzene rings is 1. The summed E-state index contributed by atoms with van der Waals surface area (Å²) in [5, 5.41) is 0. The summed E-state index contributed by atoms with van der Waals surface area (Å²) in [6.07, 6.45) is 0. The van der Waals surface area contributed by atoms with Crippen molar-refractivity contribution in [2.75, 3.05) is 0 Å². The van der Waals surface area contributed by atoms with E-state index in [0.717, 1.165) is 5.56 Å². The van der Waals surface area contributed by atoms with Crippen molar-refractivity contribution in [2.45, 2.75) is 20.5 Å². The average Bonchev–Trinajstić information content (AvgIpc) is 2.08. The predicted octanol–water partition coefficient (Wildman–Crippen LogP) is 3.40. The molecule has 0 amide bonds. The molecule has 0 bridgehead atoms. The molecular weight excluding hydrogens is 317 g/mol. The monoisotopic (exact) mass is 326 g/mol. The quantitative estimate of drug-likeness (QED) is 0.629. The van der Waals surface area contributed by atoms with Crippen LogP contribution in [0.2, 0.25) is 0 Å². The predicted molar refractivity (Wildman–Crippen MR) is 60.5 cm³/mol. The largest absolute Gasteiger partial charge is 0.434 e. The Morgan fingerprint density at radius 1 is 1.47 bits per heavy atom. The van der Waals surface area contributed by atoms with Crippen LogP contribution in [0, 0.1) is 10.5 Å². The van der Waals surface area contributed by atoms with Crippen molar-refractivity contribution in [3.63, 3.8) is 0 Å². The van der Waals surface area contributed by atoms with E-state index in [1.54, 1.807) is 13.0 Å². The second-order valence-corrected chi connectivity index (χ2v) is 4.19. The van der Waals surface area contributed by atoms with E-state index >= 15 is 0 Å². The Kier molecular flexibility index (Phi) is 4.01. The van der Waals surface area contributed by atoms with Gasteiger partial charge in [-0.15, -0.1) is 0 Å². The Morgan fingerprint density at radius 2 is 2.07 bits per heavy atom. The van der Waals surface area contributed by atoms with Crippen molar-refractivity contribution in [1.29, 1.82) is 0 Å². The smallest absolute Gasteiger partial charge is 0.387 e. The van der Waals surface area contributed by atoms with Gasteiger partial charge in [-0.05, 0) is 54.1 Å². The van der Waals surface area contributed by atoms with E-state index in [4.69, 9.17) is 0 Å². The van der Waals surface area contributed by atoms with Crippen LogP contribution in [0.4, 0.5) is 8.78 Å². The van der Waals surface area contributed by atoms with Gasteiger partial charge in [-0.25, -0.2) is 0 Å². The number of rotatable bonds is 3. The molecule has 0 N–H and O–H groups in total. The van der Waals surface area contributed by atoms with Gasteiger partial charge in [0.1, 0.15) is 5.75 Å². The molecule has 0 atom stereocenters. The molecule has 0 fully saturated rings. The number of ketones is 1. The summed E-state index contributed by atoms with van der Waals surface area (Å²) in [6, 6.07) is 3.00. The van der Waals surface area contributed by atoms with E-state index in [9.17, 15) is 13.6 Å². The summed E-state index contributed by atoms with van der Waals surface area (Å²) in [5.74, 6) is -0.121. The lowest BCUT2D eigenvalue weighted by Gasteiger charge is -2.10. The van der Waals surface area contributed by atoms with Gasteiger partial charge < -0.3 is 4.74 Å². The first kappa shape index (κ1) is 12.4. The van der Waals surface area contributed by atoms with Crippen LogP contribution in [-0.2, 0) is 0 Å². The fourth-order valence-corrected chi connectivity index (χ4v) is 1.97. The van der Waals surface area contributed by atoms with Crippen LogP contribution >= 0.6 is 22.6 Å². The number of alkyl halides is 2. The van der Waals surface area contributed by atoms with E-state index in [2.05, 4.69) is 4.74 Å². The molecule has 0 heterocycles. The standard InChI is InChI=1S/C10H9F2IO2/c1-5-3-8(13)9(15-10(11)12)4-7(5)6(2)14/h3-4,10H,1-2H3. The molecule has 15 heavy (non-hydrogen) atoms. The topological polar surface area (TPSA) is 26.3 Å². The summed E-state index contributed by atoms with van der Waals surface area (Å²) in [6.45, 7) is 0.271. The lowest BCUT2D eigenvalue weighted by molar-refractivity contribution is -0.0504. The highest BCUT2D eigenvalue weighted by Gasteiger charge is 2.13. The number of hydrogen-bond donors (Lipinski definition) is 0. The molecule has 1 aromatic carbocycles. The third kappa shape index (κ3) is 3.12. The summed E-state index contributed by atoms with van der Waals surface area (Å²) >= 11 is 1.89. The minimum atomic E-state index is -2.87. The van der Waals surface area contributed by atoms with Crippen molar-refractivity contribution in [1.82, 2.24) is 0 Å². The Labute approximate surface area is 99.8 Å². The molecule has 0 spiro atoms. The minimum Gasteiger partial charge on any atom is -0.434 e. The van der Waals surface area contributed by atoms with E-state index in [0.29, 0.717) is 9.13 Å². The highest BCUT2D eigenvalue weighted by atomic mass is 127. The summed E-state index contributed by atoms with van der Waals surface area (Å²) < 4.78 is 28.9. The van der Waals surface area contributed by atoms with Gasteiger partial charge in [0.25, 0.3) is 0 Å². The van der Waals surface area contributed by atoms with Gasteiger partial charge in [0.2, 0.25) is 0 Å². The lowest BCUT2D eigenvalue weighted by Crippen LogP contribution is -2.06. The third-order valence-corrected chi connectivity index (χ3v) is 2.72. The highest BCUT2D eigenvalue weighted by Crippen LogP contribution is 2.26. The van der Waals surface area contributed by atoms with E-state index < -0.39 is 6.61 Å². The number of carbonyl (C=O) groups is 1. The average molecular weight is 326 g/mol. The number of halogens is 3. The second-order valence-electron chi connectivity index (χ2n) is 3.03. The van der Waals surface area contributed by atoms with Crippen LogP contribution < -0.4 is 4.74 Å². The molecule has 0 aliphatic rings. The maximum atomic E-state index is 12.0. The molecule has 1 aromatic rings. The number of ether oxygens (including phenoxy) is 1. The van der Waals surface area contributed by atoms with Crippen LogP contribution in [0.15, 0.2) is 12.1 Å². The SMILES string of the molecule is CC(=O)c1cc(OC(F)F)c(I)cc1C. The van der Waals surface area contributed by atoms with Gasteiger partial charge in [-0.1, -0.05) is 0 Å². The maximum Gasteiger partial charge on any atom is 0.387 e. The van der Waals surface area contributed by atoms with Crippen LogP contribution in [0.1, 0.15) is 22.8 Å². The Bertz CT molecular complexity index is 391. The van der Waals surface area contributed by atoms with Crippen LogP contribution in [0.5, 0.6) is 5.75 Å². The maximum absolute atomic E-state index is 12.0. The van der Waals surface area contributed by atoms with E-state index in [-0.39, 0.29) is 11.5 Å². The molecule has 0 saturated carbocycles. The molecule has 0 aliphatic heterocycles. The normalized spacial score (nSPS) is 10.5. The Hall–Kier alpha value is -0.720. The van der Waals surface area contributed by atoms with Gasteiger partial charge in [-0.3, -0.25) is 4.79 Å². The third-order valence-electron chi connectivity index (χ3n) is 1.87. The number of Topliss-reactive ketones (excluding diaryl/α,β-unsaturated/α-hetero) is 1. The number of carbonyl (C=O) groups excluding carboxylic acids is 1. The van der Waals surface area contributed by atoms with Crippen molar-refractivity contribution in [3.8, 4) is 5.75 Å². The first-order valence-electron chi connectivity index (χ1n) is 4.17. The van der Waals surface area contributed by atoms with Crippen molar-refractivity contribution in [3.05, 3.63) is 26.8 Å². The number of aryl methyl sites for hydroxylation is 1. The molecule has 1 rings (SSSR count). The Balaban J connectivity index is 3.17. The van der Waals surface area contributed by atoms with E-state index in [1.807, 2.05) is 22.6 Å². The highest BCUT2D eigenvalue weighted by molar-refractivity contribution is 14.1. The second kappa shape index (κ2) is 4.87. The van der Waals surface area contributed by atoms with Gasteiger partial charge >= 0.3 is 6.61 Å². The zero-order chi connectivity index (χ0) is 11.6. The van der Waals surface area contributed by atoms with Crippen LogP contribution in [-0.4, -0.2) is 12.4 Å². The first-order chi connectivity index (χ1) is 6.91. The molecule has 2 nitrogen and oxygen atoms in total. The molecule has 0 aromatic heterocycles. The van der Waals surface area contributed by atoms with Crippen molar-refractivity contribution < 1.29 is 18.3 Å². The van der Waals surface area contributed by atoms with Gasteiger partial charge in [0, 0.05) is 5.56 Å². The minimum absolute atomic E-state index is 0.0430.